The summed E-state index contributed by atoms with van der Waals surface area (Å²) in [6.07, 6.45) is 10.8. The zero-order valence-electron chi connectivity index (χ0n) is 27.3. The smallest absolute Gasteiger partial charge is 0.252 e. The van der Waals surface area contributed by atoms with Crippen LogP contribution in [0.4, 0.5) is 0 Å². The van der Waals surface area contributed by atoms with Crippen LogP contribution in [-0.4, -0.2) is 52.1 Å². The average Bonchev–Trinajstić information content (AvgIpc) is 3.77. The summed E-state index contributed by atoms with van der Waals surface area (Å²) in [5, 5.41) is 19.4. The van der Waals surface area contributed by atoms with E-state index in [-0.39, 0.29) is 5.91 Å². The summed E-state index contributed by atoms with van der Waals surface area (Å²) in [7, 11) is 0. The number of nitrogens with zero attached hydrogens (tertiary/aromatic N) is 3. The SMILES string of the molecule is CC(C)(C)C(=O)n1nc(C2CCCNCC2)cc1CCc1ccc(Cl)s1.Clc1ccc(CCc2cc(C3CCCNCC3)n[nH]2)s1. The predicted molar refractivity (Wildman–Crippen MR) is 193 cm³/mol. The second-order valence-corrected chi connectivity index (χ2v) is 17.1. The normalized spacial score (nSPS) is 19.2. The summed E-state index contributed by atoms with van der Waals surface area (Å²) in [6.45, 7) is 10.2. The molecule has 7 nitrogen and oxygen atoms in total. The molecule has 0 spiro atoms. The van der Waals surface area contributed by atoms with E-state index in [0.717, 1.165) is 91.2 Å². The minimum Gasteiger partial charge on any atom is -0.317 e. The molecule has 6 heterocycles. The second kappa shape index (κ2) is 16.9. The van der Waals surface area contributed by atoms with Gasteiger partial charge in [-0.2, -0.15) is 10.2 Å². The number of carbonyl (C=O) groups excluding carboxylic acids is 1. The number of H-pyrrole nitrogens is 1. The van der Waals surface area contributed by atoms with Gasteiger partial charge in [-0.15, -0.1) is 22.7 Å². The fourth-order valence-electron chi connectivity index (χ4n) is 6.14. The highest BCUT2D eigenvalue weighted by molar-refractivity contribution is 7.16. The van der Waals surface area contributed by atoms with Crippen molar-refractivity contribution in [1.29, 1.82) is 0 Å². The third-order valence-electron chi connectivity index (χ3n) is 8.80. The predicted octanol–water partition coefficient (Wildman–Crippen LogP) is 8.69. The van der Waals surface area contributed by atoms with E-state index in [1.807, 2.05) is 32.9 Å². The van der Waals surface area contributed by atoms with Gasteiger partial charge in [0.25, 0.3) is 5.91 Å². The lowest BCUT2D eigenvalue weighted by molar-refractivity contribution is 0.0744. The van der Waals surface area contributed by atoms with Crippen molar-refractivity contribution in [2.24, 2.45) is 5.41 Å². The molecule has 0 aromatic carbocycles. The Labute approximate surface area is 291 Å². The van der Waals surface area contributed by atoms with Crippen molar-refractivity contribution in [2.75, 3.05) is 26.2 Å². The van der Waals surface area contributed by atoms with Gasteiger partial charge in [-0.25, -0.2) is 4.68 Å². The molecule has 0 saturated carbocycles. The highest BCUT2D eigenvalue weighted by atomic mass is 35.5. The molecule has 0 radical (unpaired) electrons. The van der Waals surface area contributed by atoms with Gasteiger partial charge in [-0.3, -0.25) is 9.89 Å². The molecular weight excluding hydrogens is 655 g/mol. The Morgan fingerprint density at radius 1 is 0.804 bits per heavy atom. The first-order chi connectivity index (χ1) is 22.2. The first-order valence-corrected chi connectivity index (χ1v) is 19.1. The lowest BCUT2D eigenvalue weighted by Crippen LogP contribution is -2.29. The van der Waals surface area contributed by atoms with Gasteiger partial charge in [0, 0.05) is 38.4 Å². The summed E-state index contributed by atoms with van der Waals surface area (Å²) >= 11 is 15.3. The third-order valence-corrected chi connectivity index (χ3v) is 11.4. The number of carbonyl (C=O) groups is 1. The Kier molecular flexibility index (Phi) is 13.0. The van der Waals surface area contributed by atoms with Gasteiger partial charge in [-0.1, -0.05) is 44.0 Å². The summed E-state index contributed by atoms with van der Waals surface area (Å²) in [4.78, 5) is 15.5. The van der Waals surface area contributed by atoms with Crippen LogP contribution in [0.3, 0.4) is 0 Å². The molecule has 250 valence electrons. The minimum atomic E-state index is -0.449. The van der Waals surface area contributed by atoms with E-state index in [1.165, 1.54) is 40.4 Å². The Morgan fingerprint density at radius 2 is 1.39 bits per heavy atom. The number of aryl methyl sites for hydroxylation is 4. The zero-order chi connectivity index (χ0) is 32.5. The zero-order valence-corrected chi connectivity index (χ0v) is 30.5. The third kappa shape index (κ3) is 10.2. The van der Waals surface area contributed by atoms with Crippen molar-refractivity contribution < 1.29 is 4.79 Å². The first kappa shape index (κ1) is 35.3. The Hall–Kier alpha value is -2.01. The molecule has 2 aliphatic heterocycles. The maximum atomic E-state index is 12.9. The van der Waals surface area contributed by atoms with E-state index in [1.54, 1.807) is 27.4 Å². The standard InChI is InChI=1S/C20H28ClN3OS.C15H20ClN3S/c1-20(2,3)19(25)24-15(6-7-16-8-9-18(21)26-16)13-17(23-24)14-5-4-11-22-12-10-14;16-15-6-5-13(20-15)4-3-12-10-14(19-18-12)11-2-1-8-17-9-7-11/h8-9,13-14,22H,4-7,10-12H2,1-3H3;5-6,10-11,17H,1-4,7-9H2,(H,18,19). The molecule has 0 bridgehead atoms. The van der Waals surface area contributed by atoms with Crippen molar-refractivity contribution >= 4 is 51.8 Å². The molecule has 3 N–H and O–H groups in total. The minimum absolute atomic E-state index is 0.0645. The Morgan fingerprint density at radius 3 is 1.96 bits per heavy atom. The van der Waals surface area contributed by atoms with Crippen molar-refractivity contribution in [3.8, 4) is 0 Å². The summed E-state index contributed by atoms with van der Waals surface area (Å²) in [5.41, 5.74) is 4.12. The second-order valence-electron chi connectivity index (χ2n) is 13.5. The van der Waals surface area contributed by atoms with Crippen LogP contribution in [0, 0.1) is 5.41 Å². The van der Waals surface area contributed by atoms with Gasteiger partial charge in [0.2, 0.25) is 0 Å². The average molecular weight is 704 g/mol. The van der Waals surface area contributed by atoms with Crippen LogP contribution in [0.5, 0.6) is 0 Å². The highest BCUT2D eigenvalue weighted by Gasteiger charge is 2.28. The van der Waals surface area contributed by atoms with E-state index in [4.69, 9.17) is 28.3 Å². The number of rotatable bonds is 8. The van der Waals surface area contributed by atoms with Gasteiger partial charge in [0.15, 0.2) is 0 Å². The van der Waals surface area contributed by atoms with Crippen molar-refractivity contribution in [1.82, 2.24) is 30.6 Å². The maximum Gasteiger partial charge on any atom is 0.252 e. The molecule has 46 heavy (non-hydrogen) atoms. The van der Waals surface area contributed by atoms with Gasteiger partial charge in [0.05, 0.1) is 20.1 Å². The van der Waals surface area contributed by atoms with E-state index < -0.39 is 5.41 Å². The van der Waals surface area contributed by atoms with Gasteiger partial charge < -0.3 is 10.6 Å². The monoisotopic (exact) mass is 702 g/mol. The molecule has 0 amide bonds. The van der Waals surface area contributed by atoms with Crippen LogP contribution in [-0.2, 0) is 25.7 Å². The quantitative estimate of drug-likeness (QED) is 0.171. The van der Waals surface area contributed by atoms with Crippen LogP contribution < -0.4 is 10.6 Å². The van der Waals surface area contributed by atoms with E-state index >= 15 is 0 Å². The molecule has 2 fully saturated rings. The van der Waals surface area contributed by atoms with Crippen molar-refractivity contribution in [3.63, 3.8) is 0 Å². The summed E-state index contributed by atoms with van der Waals surface area (Å²) in [5.74, 6) is 1.12. The first-order valence-electron chi connectivity index (χ1n) is 16.7. The number of aromatic nitrogens is 4. The van der Waals surface area contributed by atoms with E-state index in [2.05, 4.69) is 45.1 Å². The lowest BCUT2D eigenvalue weighted by Gasteiger charge is -2.18. The maximum absolute atomic E-state index is 12.9. The number of aromatic amines is 1. The molecule has 6 rings (SSSR count). The number of hydrogen-bond acceptors (Lipinski definition) is 7. The van der Waals surface area contributed by atoms with Crippen LogP contribution >= 0.6 is 45.9 Å². The fraction of sp³-hybridized carbons (Fsp3) is 0.571. The van der Waals surface area contributed by atoms with E-state index in [9.17, 15) is 4.79 Å². The summed E-state index contributed by atoms with van der Waals surface area (Å²) in [6, 6.07) is 12.5. The van der Waals surface area contributed by atoms with Gasteiger partial charge >= 0.3 is 0 Å². The summed E-state index contributed by atoms with van der Waals surface area (Å²) < 4.78 is 3.35. The van der Waals surface area contributed by atoms with Crippen molar-refractivity contribution in [3.05, 3.63) is 77.6 Å². The molecule has 2 saturated heterocycles. The molecule has 2 atom stereocenters. The molecule has 4 aromatic rings. The van der Waals surface area contributed by atoms with Crippen LogP contribution in [0.25, 0.3) is 0 Å². The highest BCUT2D eigenvalue weighted by Crippen LogP contribution is 2.30. The number of halogens is 2. The molecule has 0 aliphatic carbocycles. The Bertz CT molecular complexity index is 1520. The number of hydrogen-bond donors (Lipinski definition) is 3. The van der Waals surface area contributed by atoms with E-state index in [0.29, 0.717) is 11.8 Å². The van der Waals surface area contributed by atoms with Gasteiger partial charge in [0.1, 0.15) is 0 Å². The van der Waals surface area contributed by atoms with Crippen LogP contribution in [0.2, 0.25) is 8.67 Å². The molecule has 2 unspecified atom stereocenters. The topological polar surface area (TPSA) is 87.6 Å². The van der Waals surface area contributed by atoms with Crippen LogP contribution in [0.1, 0.15) is 108 Å². The number of nitrogens with one attached hydrogen (secondary N) is 3. The van der Waals surface area contributed by atoms with Crippen LogP contribution in [0.15, 0.2) is 36.4 Å². The van der Waals surface area contributed by atoms with Crippen molar-refractivity contribution in [2.45, 2.75) is 96.8 Å². The molecule has 11 heteroatoms. The Balaban J connectivity index is 0.000000187. The molecular formula is C35H48Cl2N6OS2. The number of thiophene rings is 2. The largest absolute Gasteiger partial charge is 0.317 e. The molecule has 2 aliphatic rings. The lowest BCUT2D eigenvalue weighted by atomic mass is 9.95. The molecule has 4 aromatic heterocycles. The van der Waals surface area contributed by atoms with Gasteiger partial charge in [-0.05, 0) is 127 Å². The fourth-order valence-corrected chi connectivity index (χ4v) is 8.31.